The summed E-state index contributed by atoms with van der Waals surface area (Å²) in [6.07, 6.45) is 2.36. The van der Waals surface area contributed by atoms with Gasteiger partial charge in [-0.25, -0.2) is 4.68 Å². The van der Waals surface area contributed by atoms with E-state index in [1.165, 1.54) is 4.68 Å². The normalized spacial score (nSPS) is 11.2. The summed E-state index contributed by atoms with van der Waals surface area (Å²) in [5, 5.41) is 7.54. The number of pyridine rings is 1. The Bertz CT molecular complexity index is 1440. The lowest BCUT2D eigenvalue weighted by Crippen LogP contribution is -2.24. The number of hydrogen-bond donors (Lipinski definition) is 0. The quantitative estimate of drug-likeness (QED) is 0.392. The fraction of sp³-hybridized carbons (Fsp3) is 0.0800. The van der Waals surface area contributed by atoms with Crippen molar-refractivity contribution in [2.24, 2.45) is 0 Å². The molecule has 0 amide bonds. The summed E-state index contributed by atoms with van der Waals surface area (Å²) in [6, 6.07) is 25.4. The van der Waals surface area contributed by atoms with Crippen LogP contribution in [0, 0.1) is 0 Å². The van der Waals surface area contributed by atoms with Crippen LogP contribution in [0.15, 0.2) is 89.9 Å². The van der Waals surface area contributed by atoms with E-state index < -0.39 is 0 Å². The van der Waals surface area contributed by atoms with Crippen molar-refractivity contribution in [2.75, 3.05) is 0 Å². The number of aromatic nitrogens is 3. The average molecular weight is 412 g/mol. The SMILES string of the molecule is O=c1c2c(-c3ccccc3Cl)cccc2cnn1CCc1ccc2ccccc2n1. The highest BCUT2D eigenvalue weighted by Gasteiger charge is 2.12. The molecule has 4 nitrogen and oxygen atoms in total. The summed E-state index contributed by atoms with van der Waals surface area (Å²) in [7, 11) is 0. The largest absolute Gasteiger partial charge is 0.275 e. The zero-order valence-electron chi connectivity index (χ0n) is 16.1. The van der Waals surface area contributed by atoms with Gasteiger partial charge < -0.3 is 0 Å². The van der Waals surface area contributed by atoms with Gasteiger partial charge in [-0.1, -0.05) is 72.3 Å². The minimum absolute atomic E-state index is 0.121. The van der Waals surface area contributed by atoms with Crippen molar-refractivity contribution in [1.82, 2.24) is 14.8 Å². The smallest absolute Gasteiger partial charge is 0.267 e. The molecule has 5 aromatic rings. The molecule has 0 radical (unpaired) electrons. The molecule has 0 aliphatic rings. The van der Waals surface area contributed by atoms with Gasteiger partial charge in [-0.2, -0.15) is 5.10 Å². The molecule has 3 aromatic carbocycles. The molecule has 146 valence electrons. The number of nitrogens with zero attached hydrogens (tertiary/aromatic N) is 3. The molecule has 0 unspecified atom stereocenters. The van der Waals surface area contributed by atoms with Gasteiger partial charge >= 0.3 is 0 Å². The molecule has 5 heteroatoms. The van der Waals surface area contributed by atoms with E-state index in [1.54, 1.807) is 6.20 Å². The molecule has 0 aliphatic heterocycles. The fourth-order valence-corrected chi connectivity index (χ4v) is 4.00. The Kier molecular flexibility index (Phi) is 4.77. The Morgan fingerprint density at radius 2 is 1.57 bits per heavy atom. The number of hydrogen-bond acceptors (Lipinski definition) is 3. The molecule has 0 saturated heterocycles. The fourth-order valence-electron chi connectivity index (χ4n) is 3.76. The van der Waals surface area contributed by atoms with Gasteiger partial charge in [-0.05, 0) is 23.8 Å². The summed E-state index contributed by atoms with van der Waals surface area (Å²) in [5.74, 6) is 0. The topological polar surface area (TPSA) is 47.8 Å². The maximum absolute atomic E-state index is 13.3. The molecule has 0 fully saturated rings. The number of rotatable bonds is 4. The molecular formula is C25H18ClN3O. The third-order valence-electron chi connectivity index (χ3n) is 5.28. The van der Waals surface area contributed by atoms with Gasteiger partial charge in [0.15, 0.2) is 0 Å². The first-order valence-electron chi connectivity index (χ1n) is 9.79. The summed E-state index contributed by atoms with van der Waals surface area (Å²) in [5.41, 5.74) is 3.43. The molecule has 0 spiro atoms. The molecule has 2 aromatic heterocycles. The first-order valence-corrected chi connectivity index (χ1v) is 10.2. The summed E-state index contributed by atoms with van der Waals surface area (Å²) in [6.45, 7) is 0.455. The molecule has 0 saturated carbocycles. The molecule has 0 aliphatic carbocycles. The van der Waals surface area contributed by atoms with Crippen LogP contribution in [0.1, 0.15) is 5.69 Å². The molecule has 0 atom stereocenters. The lowest BCUT2D eigenvalue weighted by molar-refractivity contribution is 0.580. The van der Waals surface area contributed by atoms with Gasteiger partial charge in [-0.3, -0.25) is 9.78 Å². The van der Waals surface area contributed by atoms with E-state index in [4.69, 9.17) is 16.6 Å². The van der Waals surface area contributed by atoms with E-state index in [9.17, 15) is 4.79 Å². The van der Waals surface area contributed by atoms with E-state index >= 15 is 0 Å². The van der Waals surface area contributed by atoms with Gasteiger partial charge in [-0.15, -0.1) is 0 Å². The summed E-state index contributed by atoms with van der Waals surface area (Å²) < 4.78 is 1.51. The molecular weight excluding hydrogens is 394 g/mol. The van der Waals surface area contributed by atoms with Gasteiger partial charge in [0.25, 0.3) is 5.56 Å². The monoisotopic (exact) mass is 411 g/mol. The predicted octanol–water partition coefficient (Wildman–Crippen LogP) is 5.51. The van der Waals surface area contributed by atoms with Crippen molar-refractivity contribution >= 4 is 33.3 Å². The molecule has 5 rings (SSSR count). The number of fused-ring (bicyclic) bond motifs is 2. The zero-order valence-corrected chi connectivity index (χ0v) is 16.9. The van der Waals surface area contributed by atoms with Gasteiger partial charge in [0.05, 0.1) is 23.6 Å². The van der Waals surface area contributed by atoms with Gasteiger partial charge in [0, 0.05) is 33.5 Å². The van der Waals surface area contributed by atoms with Gasteiger partial charge in [0.1, 0.15) is 0 Å². The van der Waals surface area contributed by atoms with Crippen LogP contribution in [0.5, 0.6) is 0 Å². The second-order valence-electron chi connectivity index (χ2n) is 7.17. The van der Waals surface area contributed by atoms with E-state index in [-0.39, 0.29) is 5.56 Å². The highest BCUT2D eigenvalue weighted by molar-refractivity contribution is 6.33. The number of halogens is 1. The van der Waals surface area contributed by atoms with Crippen LogP contribution in [0.4, 0.5) is 0 Å². The van der Waals surface area contributed by atoms with Crippen molar-refractivity contribution in [3.63, 3.8) is 0 Å². The van der Waals surface area contributed by atoms with Crippen molar-refractivity contribution in [3.05, 3.63) is 106 Å². The van der Waals surface area contributed by atoms with Crippen LogP contribution in [-0.2, 0) is 13.0 Å². The van der Waals surface area contributed by atoms with Gasteiger partial charge in [0.2, 0.25) is 0 Å². The molecule has 2 heterocycles. The number of para-hydroxylation sites is 1. The Hall–Kier alpha value is -3.50. The second-order valence-corrected chi connectivity index (χ2v) is 7.58. The zero-order chi connectivity index (χ0) is 20.5. The average Bonchev–Trinajstić information content (AvgIpc) is 2.78. The molecule has 30 heavy (non-hydrogen) atoms. The first-order chi connectivity index (χ1) is 14.7. The highest BCUT2D eigenvalue weighted by atomic mass is 35.5. The maximum atomic E-state index is 13.3. The molecule has 0 N–H and O–H groups in total. The van der Waals surface area contributed by atoms with Crippen LogP contribution in [0.2, 0.25) is 5.02 Å². The van der Waals surface area contributed by atoms with Crippen LogP contribution >= 0.6 is 11.6 Å². The Morgan fingerprint density at radius 3 is 2.47 bits per heavy atom. The summed E-state index contributed by atoms with van der Waals surface area (Å²) >= 11 is 6.41. The number of aryl methyl sites for hydroxylation is 2. The van der Waals surface area contributed by atoms with Crippen molar-refractivity contribution < 1.29 is 0 Å². The van der Waals surface area contributed by atoms with Crippen LogP contribution < -0.4 is 5.56 Å². The van der Waals surface area contributed by atoms with Crippen LogP contribution in [0.25, 0.3) is 32.8 Å². The minimum Gasteiger partial charge on any atom is -0.267 e. The number of benzene rings is 3. The van der Waals surface area contributed by atoms with Crippen molar-refractivity contribution in [2.45, 2.75) is 13.0 Å². The standard InChI is InChI=1S/C25H18ClN3O/c26-22-10-3-2-8-20(22)21-9-5-7-18-16-27-29(25(30)24(18)21)15-14-19-13-12-17-6-1-4-11-23(17)28-19/h1-13,16H,14-15H2. The second kappa shape index (κ2) is 7.73. The Balaban J connectivity index is 1.53. The van der Waals surface area contributed by atoms with E-state index in [0.717, 1.165) is 33.1 Å². The van der Waals surface area contributed by atoms with E-state index in [2.05, 4.69) is 11.2 Å². The molecule has 0 bridgehead atoms. The summed E-state index contributed by atoms with van der Waals surface area (Å²) in [4.78, 5) is 18.0. The van der Waals surface area contributed by atoms with Crippen LogP contribution in [0.3, 0.4) is 0 Å². The van der Waals surface area contributed by atoms with Crippen LogP contribution in [-0.4, -0.2) is 14.8 Å². The predicted molar refractivity (Wildman–Crippen MR) is 122 cm³/mol. The minimum atomic E-state index is -0.121. The Morgan fingerprint density at radius 1 is 0.800 bits per heavy atom. The Labute approximate surface area is 178 Å². The van der Waals surface area contributed by atoms with Crippen molar-refractivity contribution in [3.8, 4) is 11.1 Å². The van der Waals surface area contributed by atoms with E-state index in [0.29, 0.717) is 23.4 Å². The van der Waals surface area contributed by atoms with E-state index in [1.807, 2.05) is 72.8 Å². The maximum Gasteiger partial charge on any atom is 0.275 e. The highest BCUT2D eigenvalue weighted by Crippen LogP contribution is 2.31. The third-order valence-corrected chi connectivity index (χ3v) is 5.61. The lowest BCUT2D eigenvalue weighted by atomic mass is 10.00. The third kappa shape index (κ3) is 3.36. The first kappa shape index (κ1) is 18.5. The lowest BCUT2D eigenvalue weighted by Gasteiger charge is -2.11. The van der Waals surface area contributed by atoms with Crippen molar-refractivity contribution in [1.29, 1.82) is 0 Å².